The molecular formula is C20H23N3O2S2. The number of nitrogens with one attached hydrogen (secondary N) is 1. The molecule has 2 aromatic heterocycles. The number of thiophene rings is 1. The first-order chi connectivity index (χ1) is 13.0. The predicted octanol–water partition coefficient (Wildman–Crippen LogP) is 4.01. The fraction of sp³-hybridized carbons (Fsp3) is 0.350. The number of aromatic nitrogens is 2. The van der Waals surface area contributed by atoms with Gasteiger partial charge < -0.3 is 5.32 Å². The summed E-state index contributed by atoms with van der Waals surface area (Å²) in [6.07, 6.45) is 0.948. The molecule has 1 amide bonds. The quantitative estimate of drug-likeness (QED) is 0.480. The molecule has 0 fully saturated rings. The molecule has 0 aliphatic rings. The van der Waals surface area contributed by atoms with Gasteiger partial charge in [-0.3, -0.25) is 14.2 Å². The Labute approximate surface area is 166 Å². The Kier molecular flexibility index (Phi) is 6.34. The van der Waals surface area contributed by atoms with Crippen molar-refractivity contribution in [1.82, 2.24) is 14.9 Å². The number of aryl methyl sites for hydroxylation is 1. The maximum atomic E-state index is 13.1. The van der Waals surface area contributed by atoms with Crippen LogP contribution in [0.5, 0.6) is 0 Å². The summed E-state index contributed by atoms with van der Waals surface area (Å²) in [5, 5.41) is 5.34. The van der Waals surface area contributed by atoms with Crippen LogP contribution in [-0.4, -0.2) is 27.8 Å². The van der Waals surface area contributed by atoms with Crippen LogP contribution >= 0.6 is 23.1 Å². The van der Waals surface area contributed by atoms with Gasteiger partial charge in [0.15, 0.2) is 5.16 Å². The Bertz CT molecular complexity index is 1010. The summed E-state index contributed by atoms with van der Waals surface area (Å²) in [5.41, 5.74) is 2.37. The zero-order chi connectivity index (χ0) is 19.4. The normalized spacial score (nSPS) is 11.3. The number of benzene rings is 1. The molecular weight excluding hydrogens is 378 g/mol. The minimum atomic E-state index is -0.0907. The van der Waals surface area contributed by atoms with E-state index >= 15 is 0 Å². The van der Waals surface area contributed by atoms with Gasteiger partial charge in [0.05, 0.1) is 17.0 Å². The molecule has 3 rings (SSSR count). The van der Waals surface area contributed by atoms with Crippen molar-refractivity contribution in [3.8, 4) is 5.69 Å². The first kappa shape index (κ1) is 19.6. The Morgan fingerprint density at radius 2 is 2.07 bits per heavy atom. The smallest absolute Gasteiger partial charge is 0.276 e. The molecule has 2 heterocycles. The molecule has 0 saturated heterocycles. The third kappa shape index (κ3) is 4.59. The van der Waals surface area contributed by atoms with E-state index in [1.807, 2.05) is 42.6 Å². The standard InChI is InChI=1S/C20H23N3O2S2/c1-13(2)8-10-21-17(24)12-27-20-22-15-9-11-26-18(15)19(25)23(20)16-7-5-4-6-14(16)3/h4-7,9,11,13H,8,10,12H2,1-3H3,(H,21,24). The van der Waals surface area contributed by atoms with Gasteiger partial charge in [0.25, 0.3) is 5.56 Å². The molecule has 1 N–H and O–H groups in total. The third-order valence-electron chi connectivity index (χ3n) is 4.18. The lowest BCUT2D eigenvalue weighted by Crippen LogP contribution is -2.28. The minimum absolute atomic E-state index is 0.0448. The van der Waals surface area contributed by atoms with Crippen LogP contribution in [0.15, 0.2) is 45.7 Å². The number of hydrogen-bond acceptors (Lipinski definition) is 5. The van der Waals surface area contributed by atoms with Crippen LogP contribution in [0.3, 0.4) is 0 Å². The highest BCUT2D eigenvalue weighted by atomic mass is 32.2. The van der Waals surface area contributed by atoms with Gasteiger partial charge in [0.1, 0.15) is 4.70 Å². The van der Waals surface area contributed by atoms with Crippen LogP contribution in [0.4, 0.5) is 0 Å². The van der Waals surface area contributed by atoms with E-state index < -0.39 is 0 Å². The van der Waals surface area contributed by atoms with E-state index in [-0.39, 0.29) is 17.2 Å². The monoisotopic (exact) mass is 401 g/mol. The first-order valence-corrected chi connectivity index (χ1v) is 10.8. The van der Waals surface area contributed by atoms with E-state index in [1.54, 1.807) is 4.57 Å². The molecule has 0 saturated carbocycles. The van der Waals surface area contributed by atoms with Crippen molar-refractivity contribution in [1.29, 1.82) is 0 Å². The molecule has 3 aromatic rings. The second-order valence-corrected chi connectivity index (χ2v) is 8.64. The lowest BCUT2D eigenvalue weighted by molar-refractivity contribution is -0.118. The second kappa shape index (κ2) is 8.71. The van der Waals surface area contributed by atoms with Gasteiger partial charge in [0, 0.05) is 6.54 Å². The van der Waals surface area contributed by atoms with Crippen LogP contribution in [0.1, 0.15) is 25.8 Å². The number of fused-ring (bicyclic) bond motifs is 1. The number of para-hydroxylation sites is 1. The van der Waals surface area contributed by atoms with E-state index in [1.165, 1.54) is 23.1 Å². The highest BCUT2D eigenvalue weighted by Crippen LogP contribution is 2.24. The Morgan fingerprint density at radius 3 is 2.81 bits per heavy atom. The molecule has 27 heavy (non-hydrogen) atoms. The lowest BCUT2D eigenvalue weighted by Gasteiger charge is -2.14. The summed E-state index contributed by atoms with van der Waals surface area (Å²) < 4.78 is 2.25. The highest BCUT2D eigenvalue weighted by Gasteiger charge is 2.16. The highest BCUT2D eigenvalue weighted by molar-refractivity contribution is 7.99. The molecule has 0 spiro atoms. The van der Waals surface area contributed by atoms with Crippen LogP contribution in [0, 0.1) is 12.8 Å². The predicted molar refractivity (Wildman–Crippen MR) is 113 cm³/mol. The minimum Gasteiger partial charge on any atom is -0.355 e. The average Bonchev–Trinajstić information content (AvgIpc) is 3.10. The van der Waals surface area contributed by atoms with Crippen molar-refractivity contribution >= 4 is 39.2 Å². The maximum absolute atomic E-state index is 13.1. The molecule has 0 aliphatic carbocycles. The van der Waals surface area contributed by atoms with Gasteiger partial charge in [-0.05, 0) is 42.3 Å². The number of rotatable bonds is 7. The largest absolute Gasteiger partial charge is 0.355 e. The maximum Gasteiger partial charge on any atom is 0.276 e. The fourth-order valence-electron chi connectivity index (χ4n) is 2.70. The third-order valence-corrected chi connectivity index (χ3v) is 6.01. The van der Waals surface area contributed by atoms with Gasteiger partial charge in [-0.1, -0.05) is 43.8 Å². The molecule has 0 atom stereocenters. The molecule has 5 nitrogen and oxygen atoms in total. The summed E-state index contributed by atoms with van der Waals surface area (Å²) >= 11 is 2.69. The van der Waals surface area contributed by atoms with E-state index in [9.17, 15) is 9.59 Å². The molecule has 0 bridgehead atoms. The number of hydrogen-bond donors (Lipinski definition) is 1. The van der Waals surface area contributed by atoms with E-state index in [0.717, 1.165) is 17.7 Å². The van der Waals surface area contributed by atoms with Crippen molar-refractivity contribution in [2.75, 3.05) is 12.3 Å². The van der Waals surface area contributed by atoms with E-state index in [4.69, 9.17) is 0 Å². The Hall–Kier alpha value is -2.12. The van der Waals surface area contributed by atoms with Crippen molar-refractivity contribution in [3.05, 3.63) is 51.6 Å². The van der Waals surface area contributed by atoms with Crippen LogP contribution < -0.4 is 10.9 Å². The molecule has 0 unspecified atom stereocenters. The topological polar surface area (TPSA) is 64.0 Å². The number of amides is 1. The summed E-state index contributed by atoms with van der Waals surface area (Å²) in [6, 6.07) is 9.56. The molecule has 142 valence electrons. The summed E-state index contributed by atoms with van der Waals surface area (Å²) in [7, 11) is 0. The number of nitrogens with zero attached hydrogens (tertiary/aromatic N) is 2. The number of thioether (sulfide) groups is 1. The SMILES string of the molecule is Cc1ccccc1-n1c(SCC(=O)NCCC(C)C)nc2ccsc2c1=O. The number of carbonyl (C=O) groups excluding carboxylic acids is 1. The van der Waals surface area contributed by atoms with Crippen molar-refractivity contribution in [2.45, 2.75) is 32.3 Å². The fourth-order valence-corrected chi connectivity index (χ4v) is 4.29. The number of carbonyl (C=O) groups is 1. The van der Waals surface area contributed by atoms with Crippen LogP contribution in [-0.2, 0) is 4.79 Å². The molecule has 1 aromatic carbocycles. The van der Waals surface area contributed by atoms with E-state index in [0.29, 0.717) is 27.8 Å². The molecule has 0 aliphatic heterocycles. The molecule has 7 heteroatoms. The summed E-state index contributed by atoms with van der Waals surface area (Å²) in [6.45, 7) is 6.88. The van der Waals surface area contributed by atoms with Gasteiger partial charge >= 0.3 is 0 Å². The van der Waals surface area contributed by atoms with Gasteiger partial charge in [-0.2, -0.15) is 0 Å². The zero-order valence-electron chi connectivity index (χ0n) is 15.7. The molecule has 0 radical (unpaired) electrons. The van der Waals surface area contributed by atoms with Crippen molar-refractivity contribution in [2.24, 2.45) is 5.92 Å². The van der Waals surface area contributed by atoms with Gasteiger partial charge in [0.2, 0.25) is 5.91 Å². The average molecular weight is 402 g/mol. The van der Waals surface area contributed by atoms with Crippen molar-refractivity contribution in [3.63, 3.8) is 0 Å². The first-order valence-electron chi connectivity index (χ1n) is 8.93. The van der Waals surface area contributed by atoms with Crippen LogP contribution in [0.2, 0.25) is 0 Å². The lowest BCUT2D eigenvalue weighted by atomic mass is 10.1. The van der Waals surface area contributed by atoms with Crippen LogP contribution in [0.25, 0.3) is 15.9 Å². The summed E-state index contributed by atoms with van der Waals surface area (Å²) in [5.74, 6) is 0.731. The summed E-state index contributed by atoms with van der Waals surface area (Å²) in [4.78, 5) is 29.9. The second-order valence-electron chi connectivity index (χ2n) is 6.78. The van der Waals surface area contributed by atoms with Crippen molar-refractivity contribution < 1.29 is 4.79 Å². The Morgan fingerprint density at radius 1 is 1.30 bits per heavy atom. The van der Waals surface area contributed by atoms with Gasteiger partial charge in [-0.25, -0.2) is 4.98 Å². The zero-order valence-corrected chi connectivity index (χ0v) is 17.3. The van der Waals surface area contributed by atoms with E-state index in [2.05, 4.69) is 24.1 Å². The van der Waals surface area contributed by atoms with Gasteiger partial charge in [-0.15, -0.1) is 11.3 Å². The Balaban J connectivity index is 1.90.